The minimum atomic E-state index is 1.30. The van der Waals surface area contributed by atoms with E-state index in [-0.39, 0.29) is 0 Å². The maximum atomic E-state index is 2.24. The summed E-state index contributed by atoms with van der Waals surface area (Å²) < 4.78 is 0. The molecule has 0 saturated heterocycles. The molecule has 0 amide bonds. The number of allylic oxidation sites excluding steroid dienone is 4. The molecule has 5 aliphatic rings. The van der Waals surface area contributed by atoms with Crippen LogP contribution in [0, 0.1) is 0 Å². The van der Waals surface area contributed by atoms with Gasteiger partial charge in [-0.3, -0.25) is 0 Å². The number of hydrogen-bond donors (Lipinski definition) is 0. The molecule has 5 aliphatic carbocycles. The molecule has 3 aromatic rings. The molecular formula is C33H26. The van der Waals surface area contributed by atoms with Gasteiger partial charge in [0.15, 0.2) is 0 Å². The van der Waals surface area contributed by atoms with Crippen molar-refractivity contribution >= 4 is 48.6 Å². The van der Waals surface area contributed by atoms with E-state index in [4.69, 9.17) is 0 Å². The van der Waals surface area contributed by atoms with Crippen molar-refractivity contribution < 1.29 is 0 Å². The third kappa shape index (κ3) is 3.90. The minimum absolute atomic E-state index is 1.30. The molecule has 0 N–H and O–H groups in total. The van der Waals surface area contributed by atoms with Crippen molar-refractivity contribution in [2.45, 2.75) is 19.3 Å². The second-order valence-electron chi connectivity index (χ2n) is 8.91. The Morgan fingerprint density at radius 2 is 0.909 bits per heavy atom. The van der Waals surface area contributed by atoms with Gasteiger partial charge in [-0.15, -0.1) is 0 Å². The molecule has 0 aliphatic heterocycles. The molecule has 0 unspecified atom stereocenters. The lowest BCUT2D eigenvalue weighted by Crippen LogP contribution is -2.26. The first-order chi connectivity index (χ1) is 16.3. The third-order valence-corrected chi connectivity index (χ3v) is 6.83. The lowest BCUT2D eigenvalue weighted by atomic mass is 10.1. The molecular weight excluding hydrogens is 396 g/mol. The van der Waals surface area contributed by atoms with Crippen LogP contribution in [-0.4, -0.2) is 0 Å². The Labute approximate surface area is 194 Å². The zero-order valence-corrected chi connectivity index (χ0v) is 18.7. The quantitative estimate of drug-likeness (QED) is 0.489. The first kappa shape index (κ1) is 19.8. The van der Waals surface area contributed by atoms with E-state index in [0.29, 0.717) is 0 Å². The fourth-order valence-electron chi connectivity index (χ4n) is 5.10. The molecule has 0 bridgehead atoms. The summed E-state index contributed by atoms with van der Waals surface area (Å²) in [6, 6.07) is 17.6. The largest absolute Gasteiger partial charge is 0.0620 e. The summed E-state index contributed by atoms with van der Waals surface area (Å²) in [5.74, 6) is 0. The molecule has 33 heavy (non-hydrogen) atoms. The molecule has 158 valence electrons. The third-order valence-electron chi connectivity index (χ3n) is 6.83. The van der Waals surface area contributed by atoms with Crippen LogP contribution in [0.25, 0.3) is 48.6 Å². The minimum Gasteiger partial charge on any atom is -0.0620 e. The van der Waals surface area contributed by atoms with Crippen molar-refractivity contribution in [3.05, 3.63) is 127 Å². The maximum Gasteiger partial charge on any atom is -0.0105 e. The molecule has 0 nitrogen and oxygen atoms in total. The summed E-state index contributed by atoms with van der Waals surface area (Å²) in [6.45, 7) is 0. The smallest absolute Gasteiger partial charge is 0.0105 e. The van der Waals surface area contributed by atoms with E-state index in [0.717, 1.165) is 0 Å². The van der Waals surface area contributed by atoms with Crippen LogP contribution in [0.3, 0.4) is 0 Å². The number of aryl methyl sites for hydroxylation is 2. The molecule has 0 atom stereocenters. The van der Waals surface area contributed by atoms with Gasteiger partial charge in [0.1, 0.15) is 0 Å². The Bertz CT molecular complexity index is 1500. The summed E-state index contributed by atoms with van der Waals surface area (Å²) in [5.41, 5.74) is 8.50. The molecule has 0 fully saturated rings. The van der Waals surface area contributed by atoms with Crippen molar-refractivity contribution in [1.29, 1.82) is 0 Å². The SMILES string of the molecule is C1=Cc2cc3c(cc2=C1)C=CC=3.C1=Cc2ccc3c(c2=C1)=CC=C3.c1ccc2c(c1)CCC2. The molecule has 0 heteroatoms. The summed E-state index contributed by atoms with van der Waals surface area (Å²) in [6.07, 6.45) is 29.7. The average molecular weight is 423 g/mol. The second-order valence-corrected chi connectivity index (χ2v) is 8.91. The van der Waals surface area contributed by atoms with Gasteiger partial charge < -0.3 is 0 Å². The van der Waals surface area contributed by atoms with Crippen LogP contribution in [0.2, 0.25) is 0 Å². The highest BCUT2D eigenvalue weighted by Gasteiger charge is 2.07. The average Bonchev–Trinajstić information content (AvgIpc) is 3.66. The van der Waals surface area contributed by atoms with Crippen LogP contribution in [0.1, 0.15) is 39.8 Å². The molecule has 0 heterocycles. The van der Waals surface area contributed by atoms with E-state index in [1.165, 1.54) is 62.4 Å². The Morgan fingerprint density at radius 3 is 1.42 bits per heavy atom. The van der Waals surface area contributed by atoms with Crippen LogP contribution >= 0.6 is 0 Å². The van der Waals surface area contributed by atoms with Crippen molar-refractivity contribution in [1.82, 2.24) is 0 Å². The number of fused-ring (bicyclic) bond motifs is 6. The van der Waals surface area contributed by atoms with Crippen LogP contribution in [0.5, 0.6) is 0 Å². The standard InChI is InChI=1S/2C12H8.C9H10/c1-3-9-7-8-10-4-2-6-12(10)11(9)5-1;1-3-9-7-11-5-2-6-12(11)8-10(9)4-1;1-2-5-9-7-3-6-8(9)4-1/h2*1-8H;1-2,4-5H,3,6-7H2. The first-order valence-corrected chi connectivity index (χ1v) is 11.8. The maximum absolute atomic E-state index is 2.24. The molecule has 0 spiro atoms. The summed E-state index contributed by atoms with van der Waals surface area (Å²) in [7, 11) is 0. The van der Waals surface area contributed by atoms with Gasteiger partial charge in [-0.2, -0.15) is 0 Å². The summed E-state index contributed by atoms with van der Waals surface area (Å²) >= 11 is 0. The van der Waals surface area contributed by atoms with Crippen molar-refractivity contribution in [3.63, 3.8) is 0 Å². The zero-order chi connectivity index (χ0) is 22.0. The Balaban J connectivity index is 0.0000000950. The fraction of sp³-hybridized carbons (Fsp3) is 0.0909. The van der Waals surface area contributed by atoms with E-state index in [1.54, 1.807) is 11.1 Å². The lowest BCUT2D eigenvalue weighted by Gasteiger charge is -1.94. The molecule has 0 saturated carbocycles. The highest BCUT2D eigenvalue weighted by molar-refractivity contribution is 5.74. The van der Waals surface area contributed by atoms with E-state index in [1.807, 2.05) is 0 Å². The first-order valence-electron chi connectivity index (χ1n) is 11.8. The fourth-order valence-corrected chi connectivity index (χ4v) is 5.10. The number of benzene rings is 3. The zero-order valence-electron chi connectivity index (χ0n) is 18.7. The van der Waals surface area contributed by atoms with Gasteiger partial charge >= 0.3 is 0 Å². The van der Waals surface area contributed by atoms with E-state index in [9.17, 15) is 0 Å². The summed E-state index contributed by atoms with van der Waals surface area (Å²) in [5, 5.41) is 5.43. The normalized spacial score (nSPS) is 15.4. The van der Waals surface area contributed by atoms with Gasteiger partial charge in [-0.1, -0.05) is 109 Å². The Morgan fingerprint density at radius 1 is 0.455 bits per heavy atom. The second kappa shape index (κ2) is 8.56. The Hall–Kier alpha value is -3.90. The Kier molecular flexibility index (Phi) is 5.13. The van der Waals surface area contributed by atoms with E-state index in [2.05, 4.69) is 121 Å². The highest BCUT2D eigenvalue weighted by atomic mass is 14.1. The van der Waals surface area contributed by atoms with Crippen molar-refractivity contribution in [2.75, 3.05) is 0 Å². The topological polar surface area (TPSA) is 0 Å². The highest BCUT2D eigenvalue weighted by Crippen LogP contribution is 2.20. The van der Waals surface area contributed by atoms with Crippen LogP contribution in [-0.2, 0) is 12.8 Å². The predicted octanol–water partition coefficient (Wildman–Crippen LogP) is 4.78. The van der Waals surface area contributed by atoms with Gasteiger partial charge in [0.25, 0.3) is 0 Å². The molecule has 0 radical (unpaired) electrons. The lowest BCUT2D eigenvalue weighted by molar-refractivity contribution is 0.912. The molecule has 3 aromatic carbocycles. The van der Waals surface area contributed by atoms with Crippen LogP contribution in [0.4, 0.5) is 0 Å². The van der Waals surface area contributed by atoms with Crippen molar-refractivity contribution in [3.8, 4) is 0 Å². The van der Waals surface area contributed by atoms with E-state index < -0.39 is 0 Å². The van der Waals surface area contributed by atoms with Gasteiger partial charge in [-0.25, -0.2) is 0 Å². The van der Waals surface area contributed by atoms with Gasteiger partial charge in [-0.05, 0) is 85.7 Å². The van der Waals surface area contributed by atoms with Crippen LogP contribution in [0.15, 0.2) is 72.8 Å². The summed E-state index contributed by atoms with van der Waals surface area (Å²) in [4.78, 5) is 0. The van der Waals surface area contributed by atoms with Gasteiger partial charge in [0, 0.05) is 0 Å². The molecule has 0 aromatic heterocycles. The van der Waals surface area contributed by atoms with Gasteiger partial charge in [0.05, 0.1) is 0 Å². The monoisotopic (exact) mass is 422 g/mol. The predicted molar refractivity (Wildman–Crippen MR) is 144 cm³/mol. The molecule has 8 rings (SSSR count). The van der Waals surface area contributed by atoms with Gasteiger partial charge in [0.2, 0.25) is 0 Å². The number of hydrogen-bond acceptors (Lipinski definition) is 0. The van der Waals surface area contributed by atoms with Crippen LogP contribution < -0.4 is 20.9 Å². The van der Waals surface area contributed by atoms with Crippen molar-refractivity contribution in [2.24, 2.45) is 0 Å². The van der Waals surface area contributed by atoms with E-state index >= 15 is 0 Å². The number of rotatable bonds is 0.